The van der Waals surface area contributed by atoms with Crippen molar-refractivity contribution >= 4 is 23.6 Å². The third-order valence-corrected chi connectivity index (χ3v) is 5.69. The maximum absolute atomic E-state index is 12.6. The van der Waals surface area contributed by atoms with Gasteiger partial charge in [-0.3, -0.25) is 14.6 Å². The molecule has 2 amide bonds. The molecule has 0 radical (unpaired) electrons. The first-order valence-electron chi connectivity index (χ1n) is 10.8. The van der Waals surface area contributed by atoms with Crippen LogP contribution in [0.1, 0.15) is 11.3 Å². The van der Waals surface area contributed by atoms with Crippen molar-refractivity contribution in [1.29, 1.82) is 0 Å². The number of ether oxygens (including phenoxy) is 1. The molecule has 31 heavy (non-hydrogen) atoms. The molecule has 0 spiro atoms. The zero-order chi connectivity index (χ0) is 21.5. The first-order valence-corrected chi connectivity index (χ1v) is 10.8. The van der Waals surface area contributed by atoms with Gasteiger partial charge in [0.25, 0.3) is 0 Å². The number of carbonyl (C=O) groups is 2. The van der Waals surface area contributed by atoms with Gasteiger partial charge in [-0.2, -0.15) is 0 Å². The number of benzene rings is 1. The van der Waals surface area contributed by atoms with Crippen LogP contribution in [0.25, 0.3) is 6.08 Å². The van der Waals surface area contributed by atoms with Crippen LogP contribution >= 0.6 is 0 Å². The van der Waals surface area contributed by atoms with Crippen LogP contribution in [0.3, 0.4) is 0 Å². The lowest BCUT2D eigenvalue weighted by molar-refractivity contribution is -0.136. The molecule has 0 unspecified atom stereocenters. The van der Waals surface area contributed by atoms with E-state index in [0.29, 0.717) is 32.6 Å². The molecule has 2 aliphatic heterocycles. The summed E-state index contributed by atoms with van der Waals surface area (Å²) in [4.78, 5) is 35.1. The molecule has 1 aromatic heterocycles. The van der Waals surface area contributed by atoms with E-state index in [2.05, 4.69) is 22.0 Å². The van der Waals surface area contributed by atoms with Gasteiger partial charge in [0.1, 0.15) is 0 Å². The number of rotatable bonds is 5. The number of amides is 2. The van der Waals surface area contributed by atoms with Crippen LogP contribution in [0.2, 0.25) is 0 Å². The Labute approximate surface area is 182 Å². The van der Waals surface area contributed by atoms with Crippen molar-refractivity contribution in [3.05, 3.63) is 66.0 Å². The zero-order valence-corrected chi connectivity index (χ0v) is 17.7. The van der Waals surface area contributed by atoms with Crippen molar-refractivity contribution in [1.82, 2.24) is 14.8 Å². The van der Waals surface area contributed by atoms with Gasteiger partial charge in [0.15, 0.2) is 0 Å². The summed E-state index contributed by atoms with van der Waals surface area (Å²) in [6.45, 7) is 5.55. The molecule has 3 heterocycles. The summed E-state index contributed by atoms with van der Waals surface area (Å²) in [5.74, 6) is 0.0378. The van der Waals surface area contributed by atoms with E-state index in [4.69, 9.17) is 4.74 Å². The van der Waals surface area contributed by atoms with Crippen LogP contribution in [0.4, 0.5) is 5.69 Å². The van der Waals surface area contributed by atoms with Gasteiger partial charge in [-0.15, -0.1) is 0 Å². The molecule has 0 saturated carbocycles. The van der Waals surface area contributed by atoms with E-state index in [-0.39, 0.29) is 11.8 Å². The summed E-state index contributed by atoms with van der Waals surface area (Å²) in [5.41, 5.74) is 2.95. The number of piperazine rings is 1. The van der Waals surface area contributed by atoms with Gasteiger partial charge in [0, 0.05) is 62.9 Å². The fourth-order valence-electron chi connectivity index (χ4n) is 3.84. The van der Waals surface area contributed by atoms with Crippen molar-refractivity contribution in [2.75, 3.05) is 57.4 Å². The van der Waals surface area contributed by atoms with Gasteiger partial charge in [-0.05, 0) is 35.9 Å². The van der Waals surface area contributed by atoms with E-state index in [1.54, 1.807) is 17.2 Å². The van der Waals surface area contributed by atoms with Gasteiger partial charge in [0.05, 0.1) is 19.6 Å². The highest BCUT2D eigenvalue weighted by Gasteiger charge is 2.23. The molecule has 2 saturated heterocycles. The maximum atomic E-state index is 12.6. The second-order valence-electron chi connectivity index (χ2n) is 7.73. The Bertz CT molecular complexity index is 900. The monoisotopic (exact) mass is 420 g/mol. The van der Waals surface area contributed by atoms with Crippen LogP contribution in [0, 0.1) is 0 Å². The number of nitrogens with zero attached hydrogens (tertiary/aromatic N) is 4. The maximum Gasteiger partial charge on any atom is 0.246 e. The summed E-state index contributed by atoms with van der Waals surface area (Å²) < 4.78 is 5.39. The van der Waals surface area contributed by atoms with E-state index in [1.807, 2.05) is 41.3 Å². The van der Waals surface area contributed by atoms with Gasteiger partial charge in [0.2, 0.25) is 11.8 Å². The summed E-state index contributed by atoms with van der Waals surface area (Å²) in [5, 5.41) is 0. The molecule has 2 fully saturated rings. The molecule has 7 nitrogen and oxygen atoms in total. The summed E-state index contributed by atoms with van der Waals surface area (Å²) in [6, 6.07) is 13.8. The average molecular weight is 421 g/mol. The summed E-state index contributed by atoms with van der Waals surface area (Å²) >= 11 is 0. The van der Waals surface area contributed by atoms with Crippen molar-refractivity contribution in [3.8, 4) is 0 Å². The largest absolute Gasteiger partial charge is 0.378 e. The Balaban J connectivity index is 1.25. The van der Waals surface area contributed by atoms with E-state index in [1.165, 1.54) is 5.69 Å². The van der Waals surface area contributed by atoms with Crippen molar-refractivity contribution in [2.45, 2.75) is 6.42 Å². The second-order valence-corrected chi connectivity index (χ2v) is 7.73. The molecule has 0 atom stereocenters. The summed E-state index contributed by atoms with van der Waals surface area (Å²) in [7, 11) is 0. The molecule has 4 rings (SSSR count). The quantitative estimate of drug-likeness (QED) is 0.691. The highest BCUT2D eigenvalue weighted by Crippen LogP contribution is 2.17. The van der Waals surface area contributed by atoms with Crippen LogP contribution in [-0.2, 0) is 20.7 Å². The lowest BCUT2D eigenvalue weighted by Gasteiger charge is -2.34. The molecule has 0 aliphatic carbocycles. The SMILES string of the molecule is O=C(/C=C/c1ccc(N2CCOCC2)cc1)N1CCN(C(=O)Cc2ccccn2)CC1. The van der Waals surface area contributed by atoms with Crippen molar-refractivity contribution < 1.29 is 14.3 Å². The average Bonchev–Trinajstić information content (AvgIpc) is 2.84. The van der Waals surface area contributed by atoms with Gasteiger partial charge >= 0.3 is 0 Å². The topological polar surface area (TPSA) is 66.0 Å². The molecular weight excluding hydrogens is 392 g/mol. The number of pyridine rings is 1. The fourth-order valence-corrected chi connectivity index (χ4v) is 3.84. The number of anilines is 1. The number of hydrogen-bond donors (Lipinski definition) is 0. The molecule has 0 N–H and O–H groups in total. The Morgan fingerprint density at radius 1 is 0.903 bits per heavy atom. The number of hydrogen-bond acceptors (Lipinski definition) is 5. The first-order chi connectivity index (χ1) is 15.2. The highest BCUT2D eigenvalue weighted by molar-refractivity contribution is 5.92. The minimum absolute atomic E-state index is 0.0194. The first kappa shape index (κ1) is 21.1. The van der Waals surface area contributed by atoms with Crippen molar-refractivity contribution in [2.24, 2.45) is 0 Å². The highest BCUT2D eigenvalue weighted by atomic mass is 16.5. The molecule has 2 aliphatic rings. The standard InChI is InChI=1S/C24H28N4O3/c29-23(9-6-20-4-7-22(8-5-20)26-15-17-31-18-16-26)27-11-13-28(14-12-27)24(30)19-21-3-1-2-10-25-21/h1-10H,11-19H2/b9-6+. The third kappa shape index (κ3) is 5.70. The number of carbonyl (C=O) groups excluding carboxylic acids is 2. The number of morpholine rings is 1. The molecular formula is C24H28N4O3. The van der Waals surface area contributed by atoms with E-state index >= 15 is 0 Å². The molecule has 2 aromatic rings. The third-order valence-electron chi connectivity index (χ3n) is 5.69. The minimum Gasteiger partial charge on any atom is -0.378 e. The van der Waals surface area contributed by atoms with Gasteiger partial charge < -0.3 is 19.4 Å². The molecule has 1 aromatic carbocycles. The van der Waals surface area contributed by atoms with Gasteiger partial charge in [-0.25, -0.2) is 0 Å². The smallest absolute Gasteiger partial charge is 0.246 e. The molecule has 162 valence electrons. The Kier molecular flexibility index (Phi) is 6.94. The Hall–Kier alpha value is -3.19. The number of aromatic nitrogens is 1. The Morgan fingerprint density at radius 2 is 1.61 bits per heavy atom. The lowest BCUT2D eigenvalue weighted by atomic mass is 10.1. The lowest BCUT2D eigenvalue weighted by Crippen LogP contribution is -2.50. The van der Waals surface area contributed by atoms with Crippen LogP contribution in [-0.4, -0.2) is 79.1 Å². The normalized spacial score (nSPS) is 17.2. The van der Waals surface area contributed by atoms with E-state index in [0.717, 1.165) is 37.6 Å². The molecule has 0 bridgehead atoms. The summed E-state index contributed by atoms with van der Waals surface area (Å²) in [6.07, 6.45) is 5.47. The predicted molar refractivity (Wildman–Crippen MR) is 120 cm³/mol. The Morgan fingerprint density at radius 3 is 2.29 bits per heavy atom. The zero-order valence-electron chi connectivity index (χ0n) is 17.7. The molecule has 7 heteroatoms. The van der Waals surface area contributed by atoms with Crippen LogP contribution < -0.4 is 4.90 Å². The van der Waals surface area contributed by atoms with Crippen molar-refractivity contribution in [3.63, 3.8) is 0 Å². The van der Waals surface area contributed by atoms with Crippen LogP contribution in [0.5, 0.6) is 0 Å². The van der Waals surface area contributed by atoms with Crippen LogP contribution in [0.15, 0.2) is 54.7 Å². The second kappa shape index (κ2) is 10.2. The predicted octanol–water partition coefficient (Wildman–Crippen LogP) is 1.84. The van der Waals surface area contributed by atoms with E-state index < -0.39 is 0 Å². The van der Waals surface area contributed by atoms with Gasteiger partial charge in [-0.1, -0.05) is 18.2 Å². The minimum atomic E-state index is -0.0194. The van der Waals surface area contributed by atoms with E-state index in [9.17, 15) is 9.59 Å². The fraction of sp³-hybridized carbons (Fsp3) is 0.375.